The summed E-state index contributed by atoms with van der Waals surface area (Å²) in [7, 11) is 1.62. The van der Waals surface area contributed by atoms with Crippen molar-refractivity contribution in [2.75, 3.05) is 12.4 Å². The first-order valence-electron chi connectivity index (χ1n) is 6.18. The van der Waals surface area contributed by atoms with Crippen LogP contribution in [0.2, 0.25) is 5.02 Å². The third-order valence-electron chi connectivity index (χ3n) is 2.91. The number of nitrogens with zero attached hydrogens (tertiary/aromatic N) is 1. The largest absolute Gasteiger partial charge is 0.494 e. The third-order valence-corrected chi connectivity index (χ3v) is 3.15. The van der Waals surface area contributed by atoms with Gasteiger partial charge in [-0.15, -0.1) is 0 Å². The number of hydrogen-bond donors (Lipinski definition) is 1. The molecule has 0 fully saturated rings. The number of anilines is 1. The van der Waals surface area contributed by atoms with Crippen LogP contribution in [0.5, 0.6) is 5.75 Å². The van der Waals surface area contributed by atoms with Gasteiger partial charge in [0.15, 0.2) is 11.1 Å². The lowest BCUT2D eigenvalue weighted by molar-refractivity contribution is 0.419. The van der Waals surface area contributed by atoms with Gasteiger partial charge in [-0.1, -0.05) is 23.7 Å². The van der Waals surface area contributed by atoms with Crippen LogP contribution in [0.1, 0.15) is 5.89 Å². The third kappa shape index (κ3) is 2.56. The molecule has 102 valence electrons. The lowest BCUT2D eigenvalue weighted by Gasteiger charge is -2.03. The van der Waals surface area contributed by atoms with Crippen LogP contribution in [-0.2, 0) is 6.54 Å². The number of rotatable bonds is 4. The van der Waals surface area contributed by atoms with Crippen molar-refractivity contribution < 1.29 is 9.15 Å². The van der Waals surface area contributed by atoms with Gasteiger partial charge in [0, 0.05) is 10.7 Å². The van der Waals surface area contributed by atoms with Crippen LogP contribution in [0, 0.1) is 0 Å². The van der Waals surface area contributed by atoms with Crippen molar-refractivity contribution in [2.45, 2.75) is 6.54 Å². The molecular formula is C15H13ClN2O2. The number of aromatic nitrogens is 1. The van der Waals surface area contributed by atoms with Crippen LogP contribution >= 0.6 is 11.6 Å². The summed E-state index contributed by atoms with van der Waals surface area (Å²) in [5.74, 6) is 1.31. The zero-order chi connectivity index (χ0) is 13.9. The molecule has 0 aliphatic rings. The van der Waals surface area contributed by atoms with Crippen LogP contribution < -0.4 is 10.1 Å². The van der Waals surface area contributed by atoms with Crippen molar-refractivity contribution in [3.05, 3.63) is 53.4 Å². The van der Waals surface area contributed by atoms with E-state index in [1.165, 1.54) is 0 Å². The number of benzene rings is 2. The average molecular weight is 289 g/mol. The quantitative estimate of drug-likeness (QED) is 0.785. The fourth-order valence-electron chi connectivity index (χ4n) is 1.99. The van der Waals surface area contributed by atoms with E-state index in [2.05, 4.69) is 10.3 Å². The standard InChI is InChI=1S/C15H13ClN2O2/c1-19-12-6-3-7-13-15(12)18-14(20-13)9-17-11-5-2-4-10(16)8-11/h2-8,17H,9H2,1H3. The molecule has 0 amide bonds. The number of nitrogens with one attached hydrogen (secondary N) is 1. The van der Waals surface area contributed by atoms with E-state index < -0.39 is 0 Å². The Morgan fingerprint density at radius 1 is 1.25 bits per heavy atom. The maximum absolute atomic E-state index is 5.93. The highest BCUT2D eigenvalue weighted by atomic mass is 35.5. The second-order valence-electron chi connectivity index (χ2n) is 4.28. The molecule has 0 aliphatic carbocycles. The lowest BCUT2D eigenvalue weighted by Crippen LogP contribution is -1.99. The molecule has 0 saturated carbocycles. The molecule has 20 heavy (non-hydrogen) atoms. The first-order chi connectivity index (χ1) is 9.76. The Kier molecular flexibility index (Phi) is 3.48. The molecular weight excluding hydrogens is 276 g/mol. The molecule has 4 nitrogen and oxygen atoms in total. The molecule has 1 heterocycles. The normalized spacial score (nSPS) is 10.7. The van der Waals surface area contributed by atoms with Gasteiger partial charge in [-0.3, -0.25) is 0 Å². The zero-order valence-electron chi connectivity index (χ0n) is 10.9. The van der Waals surface area contributed by atoms with Crippen LogP contribution in [0.3, 0.4) is 0 Å². The Morgan fingerprint density at radius 3 is 2.90 bits per heavy atom. The molecule has 0 unspecified atom stereocenters. The van der Waals surface area contributed by atoms with E-state index in [9.17, 15) is 0 Å². The topological polar surface area (TPSA) is 47.3 Å². The summed E-state index contributed by atoms with van der Waals surface area (Å²) < 4.78 is 10.9. The maximum atomic E-state index is 5.93. The Bertz CT molecular complexity index is 740. The summed E-state index contributed by atoms with van der Waals surface area (Å²) in [5.41, 5.74) is 2.37. The number of fused-ring (bicyclic) bond motifs is 1. The molecule has 0 radical (unpaired) electrons. The fourth-order valence-corrected chi connectivity index (χ4v) is 2.18. The number of methoxy groups -OCH3 is 1. The predicted octanol–water partition coefficient (Wildman–Crippen LogP) is 4.10. The highest BCUT2D eigenvalue weighted by Gasteiger charge is 2.09. The summed E-state index contributed by atoms with van der Waals surface area (Å²) in [6, 6.07) is 13.1. The Balaban J connectivity index is 1.81. The van der Waals surface area contributed by atoms with Crippen LogP contribution in [-0.4, -0.2) is 12.1 Å². The molecule has 1 aromatic heterocycles. The summed E-state index contributed by atoms with van der Waals surface area (Å²) >= 11 is 5.93. The first-order valence-corrected chi connectivity index (χ1v) is 6.56. The Labute approximate surface area is 121 Å². The van der Waals surface area contributed by atoms with Crippen molar-refractivity contribution in [2.24, 2.45) is 0 Å². The van der Waals surface area contributed by atoms with Gasteiger partial charge >= 0.3 is 0 Å². The van der Waals surface area contributed by atoms with Crippen LogP contribution in [0.15, 0.2) is 46.9 Å². The van der Waals surface area contributed by atoms with Gasteiger partial charge < -0.3 is 14.5 Å². The van der Waals surface area contributed by atoms with E-state index in [1.807, 2.05) is 42.5 Å². The predicted molar refractivity (Wildman–Crippen MR) is 79.3 cm³/mol. The lowest BCUT2D eigenvalue weighted by atomic mass is 10.3. The molecule has 0 bridgehead atoms. The van der Waals surface area contributed by atoms with E-state index in [1.54, 1.807) is 7.11 Å². The molecule has 5 heteroatoms. The highest BCUT2D eigenvalue weighted by Crippen LogP contribution is 2.25. The number of oxazole rings is 1. The molecule has 3 aromatic rings. The molecule has 3 rings (SSSR count). The van der Waals surface area contributed by atoms with Crippen molar-refractivity contribution in [3.8, 4) is 5.75 Å². The van der Waals surface area contributed by atoms with Crippen LogP contribution in [0.25, 0.3) is 11.1 Å². The van der Waals surface area contributed by atoms with Gasteiger partial charge in [0.05, 0.1) is 13.7 Å². The van der Waals surface area contributed by atoms with Gasteiger partial charge in [-0.25, -0.2) is 4.98 Å². The second-order valence-corrected chi connectivity index (χ2v) is 4.71. The van der Waals surface area contributed by atoms with E-state index in [4.69, 9.17) is 20.8 Å². The maximum Gasteiger partial charge on any atom is 0.214 e. The molecule has 0 saturated heterocycles. The molecule has 0 spiro atoms. The van der Waals surface area contributed by atoms with Crippen LogP contribution in [0.4, 0.5) is 5.69 Å². The van der Waals surface area contributed by atoms with Gasteiger partial charge in [0.2, 0.25) is 5.89 Å². The number of hydrogen-bond acceptors (Lipinski definition) is 4. The number of ether oxygens (including phenoxy) is 1. The first kappa shape index (κ1) is 12.8. The molecule has 1 N–H and O–H groups in total. The molecule has 0 aliphatic heterocycles. The average Bonchev–Trinajstić information content (AvgIpc) is 2.88. The smallest absolute Gasteiger partial charge is 0.214 e. The van der Waals surface area contributed by atoms with E-state index >= 15 is 0 Å². The summed E-state index contributed by atoms with van der Waals surface area (Å²) in [6.07, 6.45) is 0. The SMILES string of the molecule is COc1cccc2oc(CNc3cccc(Cl)c3)nc12. The van der Waals surface area contributed by atoms with Gasteiger partial charge in [-0.05, 0) is 30.3 Å². The fraction of sp³-hybridized carbons (Fsp3) is 0.133. The summed E-state index contributed by atoms with van der Waals surface area (Å²) in [6.45, 7) is 0.484. The van der Waals surface area contributed by atoms with Gasteiger partial charge in [-0.2, -0.15) is 0 Å². The Hall–Kier alpha value is -2.20. The number of para-hydroxylation sites is 1. The highest BCUT2D eigenvalue weighted by molar-refractivity contribution is 6.30. The molecule has 0 atom stereocenters. The summed E-state index contributed by atoms with van der Waals surface area (Å²) in [4.78, 5) is 4.43. The monoisotopic (exact) mass is 288 g/mol. The van der Waals surface area contributed by atoms with Crippen molar-refractivity contribution in [3.63, 3.8) is 0 Å². The van der Waals surface area contributed by atoms with Gasteiger partial charge in [0.25, 0.3) is 0 Å². The summed E-state index contributed by atoms with van der Waals surface area (Å²) in [5, 5.41) is 3.91. The minimum absolute atomic E-state index is 0.484. The van der Waals surface area contributed by atoms with E-state index in [-0.39, 0.29) is 0 Å². The van der Waals surface area contributed by atoms with E-state index in [0.29, 0.717) is 28.8 Å². The minimum atomic E-state index is 0.484. The zero-order valence-corrected chi connectivity index (χ0v) is 11.6. The number of halogens is 1. The molecule has 2 aromatic carbocycles. The minimum Gasteiger partial charge on any atom is -0.494 e. The van der Waals surface area contributed by atoms with Crippen molar-refractivity contribution in [1.29, 1.82) is 0 Å². The van der Waals surface area contributed by atoms with E-state index in [0.717, 1.165) is 11.2 Å². The Morgan fingerprint density at radius 2 is 2.10 bits per heavy atom. The van der Waals surface area contributed by atoms with Crippen molar-refractivity contribution >= 4 is 28.4 Å². The second kappa shape index (κ2) is 5.43. The van der Waals surface area contributed by atoms with Gasteiger partial charge in [0.1, 0.15) is 5.75 Å². The van der Waals surface area contributed by atoms with Crippen molar-refractivity contribution in [1.82, 2.24) is 4.98 Å².